The summed E-state index contributed by atoms with van der Waals surface area (Å²) in [7, 11) is 1.37. The van der Waals surface area contributed by atoms with Gasteiger partial charge in [0.15, 0.2) is 0 Å². The molecular weight excluding hydrogens is 380 g/mol. The van der Waals surface area contributed by atoms with E-state index < -0.39 is 18.4 Å². The summed E-state index contributed by atoms with van der Waals surface area (Å²) in [6.45, 7) is 2.36. The van der Waals surface area contributed by atoms with E-state index in [0.29, 0.717) is 17.0 Å². The fourth-order valence-electron chi connectivity index (χ4n) is 2.33. The number of ether oxygens (including phenoxy) is 3. The standard InChI is InChI=1S/C14H13F3N2O3Se/c1-13(2)12-11(18-19-23-12)7-4-9(20-3)10(5-8(7)22-13)21-6-14(15,16)17/h4-5H,6H2,1-3H3. The number of benzene rings is 1. The molecule has 0 fully saturated rings. The second kappa shape index (κ2) is 5.42. The monoisotopic (exact) mass is 394 g/mol. The van der Waals surface area contributed by atoms with Crippen molar-refractivity contribution in [3.8, 4) is 28.5 Å². The Morgan fingerprint density at radius 3 is 2.65 bits per heavy atom. The van der Waals surface area contributed by atoms with Crippen LogP contribution in [-0.4, -0.2) is 43.8 Å². The van der Waals surface area contributed by atoms with Crippen LogP contribution in [0.3, 0.4) is 0 Å². The zero-order valence-electron chi connectivity index (χ0n) is 12.5. The van der Waals surface area contributed by atoms with Crippen LogP contribution < -0.4 is 14.2 Å². The van der Waals surface area contributed by atoms with Gasteiger partial charge in [-0.1, -0.05) is 0 Å². The molecule has 5 nitrogen and oxygen atoms in total. The molecule has 1 aliphatic heterocycles. The van der Waals surface area contributed by atoms with Crippen LogP contribution in [0, 0.1) is 0 Å². The number of rotatable bonds is 3. The molecule has 23 heavy (non-hydrogen) atoms. The normalized spacial score (nSPS) is 15.4. The van der Waals surface area contributed by atoms with Crippen LogP contribution in [0.15, 0.2) is 12.1 Å². The van der Waals surface area contributed by atoms with Gasteiger partial charge in [0.05, 0.1) is 0 Å². The molecule has 9 heteroatoms. The molecule has 3 rings (SSSR count). The van der Waals surface area contributed by atoms with Gasteiger partial charge in [-0.25, -0.2) is 0 Å². The molecule has 0 saturated carbocycles. The van der Waals surface area contributed by atoms with E-state index in [2.05, 4.69) is 9.19 Å². The molecule has 1 aromatic carbocycles. The number of hydrogen-bond acceptors (Lipinski definition) is 5. The van der Waals surface area contributed by atoms with E-state index in [0.717, 1.165) is 4.44 Å². The van der Waals surface area contributed by atoms with Crippen molar-refractivity contribution in [1.29, 1.82) is 0 Å². The third kappa shape index (κ3) is 3.03. The summed E-state index contributed by atoms with van der Waals surface area (Å²) in [5, 5.41) is 4.16. The fraction of sp³-hybridized carbons (Fsp3) is 0.429. The van der Waals surface area contributed by atoms with Crippen molar-refractivity contribution >= 4 is 14.7 Å². The molecular formula is C14H13F3N2O3Se. The third-order valence-electron chi connectivity index (χ3n) is 3.31. The Bertz CT molecular complexity index is 743. The van der Waals surface area contributed by atoms with E-state index in [9.17, 15) is 13.2 Å². The van der Waals surface area contributed by atoms with Crippen molar-refractivity contribution in [3.05, 3.63) is 16.6 Å². The minimum absolute atomic E-state index is 0.0242. The summed E-state index contributed by atoms with van der Waals surface area (Å²) >= 11 is -0.144. The van der Waals surface area contributed by atoms with Crippen molar-refractivity contribution in [2.75, 3.05) is 13.7 Å². The van der Waals surface area contributed by atoms with Gasteiger partial charge in [-0.3, -0.25) is 0 Å². The molecule has 0 spiro atoms. The van der Waals surface area contributed by atoms with Gasteiger partial charge in [0, 0.05) is 0 Å². The molecule has 2 aromatic rings. The summed E-state index contributed by atoms with van der Waals surface area (Å²) in [6.07, 6.45) is -4.43. The molecule has 124 valence electrons. The van der Waals surface area contributed by atoms with Gasteiger partial charge in [0.25, 0.3) is 0 Å². The molecule has 0 N–H and O–H groups in total. The molecule has 0 amide bonds. The van der Waals surface area contributed by atoms with Gasteiger partial charge in [-0.2, -0.15) is 0 Å². The first-order valence-corrected chi connectivity index (χ1v) is 8.27. The molecule has 1 aromatic heterocycles. The van der Waals surface area contributed by atoms with Gasteiger partial charge in [-0.05, 0) is 0 Å². The SMILES string of the molecule is COc1cc2c(cc1OCC(F)(F)F)OC(C)(C)c1[se]nnc1-2. The molecule has 0 aliphatic carbocycles. The first-order chi connectivity index (χ1) is 10.7. The number of hydrogen-bond donors (Lipinski definition) is 0. The van der Waals surface area contributed by atoms with Gasteiger partial charge in [0.2, 0.25) is 0 Å². The number of methoxy groups -OCH3 is 1. The Labute approximate surface area is 136 Å². The summed E-state index contributed by atoms with van der Waals surface area (Å²) in [5.41, 5.74) is 0.748. The Hall–Kier alpha value is -1.73. The van der Waals surface area contributed by atoms with Crippen molar-refractivity contribution in [2.45, 2.75) is 25.6 Å². The number of fused-ring (bicyclic) bond motifs is 3. The average molecular weight is 393 g/mol. The van der Waals surface area contributed by atoms with Gasteiger partial charge in [-0.15, -0.1) is 0 Å². The van der Waals surface area contributed by atoms with Crippen LogP contribution in [-0.2, 0) is 5.60 Å². The van der Waals surface area contributed by atoms with E-state index >= 15 is 0 Å². The number of aromatic nitrogens is 2. The summed E-state index contributed by atoms with van der Waals surface area (Å²) < 4.78 is 58.1. The van der Waals surface area contributed by atoms with Crippen LogP contribution in [0.25, 0.3) is 11.3 Å². The van der Waals surface area contributed by atoms with Crippen molar-refractivity contribution < 1.29 is 27.4 Å². The van der Waals surface area contributed by atoms with Crippen molar-refractivity contribution in [1.82, 2.24) is 9.19 Å². The second-order valence-electron chi connectivity index (χ2n) is 5.47. The molecule has 0 saturated heterocycles. The maximum absolute atomic E-state index is 12.4. The quantitative estimate of drug-likeness (QED) is 0.751. The molecule has 0 atom stereocenters. The summed E-state index contributed by atoms with van der Waals surface area (Å²) in [6, 6.07) is 2.98. The van der Waals surface area contributed by atoms with Crippen LogP contribution in [0.2, 0.25) is 0 Å². The van der Waals surface area contributed by atoms with Crippen LogP contribution in [0.4, 0.5) is 13.2 Å². The molecule has 0 bridgehead atoms. The van der Waals surface area contributed by atoms with E-state index in [1.807, 2.05) is 13.8 Å². The van der Waals surface area contributed by atoms with Gasteiger partial charge < -0.3 is 0 Å². The second-order valence-corrected chi connectivity index (χ2v) is 7.05. The van der Waals surface area contributed by atoms with E-state index in [1.54, 1.807) is 6.07 Å². The van der Waals surface area contributed by atoms with Gasteiger partial charge >= 0.3 is 136 Å². The predicted molar refractivity (Wildman–Crippen MR) is 76.2 cm³/mol. The fourth-order valence-corrected chi connectivity index (χ4v) is 3.80. The Kier molecular flexibility index (Phi) is 3.80. The average Bonchev–Trinajstić information content (AvgIpc) is 2.94. The third-order valence-corrected chi connectivity index (χ3v) is 5.47. The Morgan fingerprint density at radius 1 is 1.26 bits per heavy atom. The van der Waals surface area contributed by atoms with Gasteiger partial charge in [0.1, 0.15) is 0 Å². The summed E-state index contributed by atoms with van der Waals surface area (Å²) in [5.74, 6) is 0.574. The Balaban J connectivity index is 2.05. The number of nitrogens with zero attached hydrogens (tertiary/aromatic N) is 2. The topological polar surface area (TPSA) is 53.5 Å². The first kappa shape index (κ1) is 16.1. The van der Waals surface area contributed by atoms with E-state index in [-0.39, 0.29) is 26.2 Å². The zero-order valence-corrected chi connectivity index (χ0v) is 14.2. The van der Waals surface area contributed by atoms with Crippen LogP contribution >= 0.6 is 0 Å². The number of halogens is 3. The molecule has 1 aliphatic rings. The van der Waals surface area contributed by atoms with Crippen molar-refractivity contribution in [2.24, 2.45) is 0 Å². The van der Waals surface area contributed by atoms with E-state index in [1.165, 1.54) is 13.2 Å². The van der Waals surface area contributed by atoms with Crippen LogP contribution in [0.1, 0.15) is 18.3 Å². The molecule has 0 unspecified atom stereocenters. The molecule has 2 heterocycles. The predicted octanol–water partition coefficient (Wildman–Crippen LogP) is 2.78. The maximum atomic E-state index is 12.4. The van der Waals surface area contributed by atoms with Crippen molar-refractivity contribution in [3.63, 3.8) is 0 Å². The zero-order chi connectivity index (χ0) is 16.8. The summed E-state index contributed by atoms with van der Waals surface area (Å²) in [4.78, 5) is 0. The number of alkyl halides is 3. The van der Waals surface area contributed by atoms with Crippen LogP contribution in [0.5, 0.6) is 17.2 Å². The minimum atomic E-state index is -4.43. The van der Waals surface area contributed by atoms with E-state index in [4.69, 9.17) is 14.2 Å². The Morgan fingerprint density at radius 2 is 2.00 bits per heavy atom. The molecule has 0 radical (unpaired) electrons. The first-order valence-electron chi connectivity index (χ1n) is 6.65.